The molecule has 2 N–H and O–H groups in total. The standard InChI is InChI=1S/C10H16N4O/c11-8-2-1-3-9-12-13-10(14(8)9)7-4-5-15-6-7/h7-8H,1-6,11H2. The Morgan fingerprint density at radius 1 is 1.33 bits per heavy atom. The van der Waals surface area contributed by atoms with Gasteiger partial charge in [-0.1, -0.05) is 0 Å². The van der Waals surface area contributed by atoms with Crippen LogP contribution < -0.4 is 5.73 Å². The first-order chi connectivity index (χ1) is 7.36. The number of hydrogen-bond acceptors (Lipinski definition) is 4. The van der Waals surface area contributed by atoms with Gasteiger partial charge in [0.1, 0.15) is 11.6 Å². The molecule has 3 rings (SSSR count). The SMILES string of the molecule is NC1CCCc2nnc(C3CCOC3)n21. The molecule has 0 bridgehead atoms. The Hall–Kier alpha value is -0.940. The molecular weight excluding hydrogens is 192 g/mol. The number of fused-ring (bicyclic) bond motifs is 1. The zero-order chi connectivity index (χ0) is 10.3. The number of hydrogen-bond donors (Lipinski definition) is 1. The van der Waals surface area contributed by atoms with Crippen LogP contribution in [0.25, 0.3) is 0 Å². The molecule has 1 aromatic heterocycles. The molecule has 5 heteroatoms. The molecule has 3 heterocycles. The second-order valence-electron chi connectivity index (χ2n) is 4.36. The van der Waals surface area contributed by atoms with Crippen molar-refractivity contribution in [2.45, 2.75) is 37.8 Å². The highest BCUT2D eigenvalue weighted by Gasteiger charge is 2.28. The average Bonchev–Trinajstić information content (AvgIpc) is 2.85. The summed E-state index contributed by atoms with van der Waals surface area (Å²) in [6, 6.07) is 0. The number of nitrogens with two attached hydrogens (primary N) is 1. The molecule has 1 fully saturated rings. The van der Waals surface area contributed by atoms with Crippen LogP contribution >= 0.6 is 0 Å². The van der Waals surface area contributed by atoms with Gasteiger partial charge in [-0.2, -0.15) is 0 Å². The van der Waals surface area contributed by atoms with Gasteiger partial charge in [-0.25, -0.2) is 0 Å². The highest BCUT2D eigenvalue weighted by Crippen LogP contribution is 2.29. The van der Waals surface area contributed by atoms with Gasteiger partial charge in [-0.3, -0.25) is 4.57 Å². The van der Waals surface area contributed by atoms with E-state index >= 15 is 0 Å². The molecule has 0 aliphatic carbocycles. The lowest BCUT2D eigenvalue weighted by Gasteiger charge is -2.23. The molecule has 1 aromatic rings. The first-order valence-electron chi connectivity index (χ1n) is 5.63. The summed E-state index contributed by atoms with van der Waals surface area (Å²) in [5.41, 5.74) is 6.10. The Kier molecular flexibility index (Phi) is 2.21. The van der Waals surface area contributed by atoms with Gasteiger partial charge in [0.2, 0.25) is 0 Å². The lowest BCUT2D eigenvalue weighted by Crippen LogP contribution is -2.27. The Bertz CT molecular complexity index is 356. The van der Waals surface area contributed by atoms with E-state index in [1.54, 1.807) is 0 Å². The molecule has 2 aliphatic heterocycles. The van der Waals surface area contributed by atoms with Crippen LogP contribution in [0.3, 0.4) is 0 Å². The Morgan fingerprint density at radius 3 is 3.07 bits per heavy atom. The number of ether oxygens (including phenoxy) is 1. The van der Waals surface area contributed by atoms with Gasteiger partial charge >= 0.3 is 0 Å². The van der Waals surface area contributed by atoms with Gasteiger partial charge in [-0.05, 0) is 19.3 Å². The smallest absolute Gasteiger partial charge is 0.139 e. The molecule has 15 heavy (non-hydrogen) atoms. The van der Waals surface area contributed by atoms with Crippen molar-refractivity contribution in [2.24, 2.45) is 5.73 Å². The third-order valence-corrected chi connectivity index (χ3v) is 3.32. The molecule has 5 nitrogen and oxygen atoms in total. The second kappa shape index (κ2) is 3.57. The van der Waals surface area contributed by atoms with Crippen molar-refractivity contribution in [1.29, 1.82) is 0 Å². The van der Waals surface area contributed by atoms with Crippen LogP contribution in [0, 0.1) is 0 Å². The summed E-state index contributed by atoms with van der Waals surface area (Å²) in [4.78, 5) is 0. The summed E-state index contributed by atoms with van der Waals surface area (Å²) in [6.45, 7) is 1.60. The van der Waals surface area contributed by atoms with E-state index in [1.165, 1.54) is 0 Å². The first kappa shape index (κ1) is 9.30. The second-order valence-corrected chi connectivity index (χ2v) is 4.36. The highest BCUT2D eigenvalue weighted by molar-refractivity contribution is 5.07. The van der Waals surface area contributed by atoms with Gasteiger partial charge in [0.25, 0.3) is 0 Å². The van der Waals surface area contributed by atoms with E-state index in [2.05, 4.69) is 14.8 Å². The van der Waals surface area contributed by atoms with E-state index in [4.69, 9.17) is 10.5 Å². The van der Waals surface area contributed by atoms with Crippen LogP contribution in [0.1, 0.15) is 43.0 Å². The molecule has 1 saturated heterocycles. The van der Waals surface area contributed by atoms with Gasteiger partial charge in [0.05, 0.1) is 12.8 Å². The number of rotatable bonds is 1. The molecule has 0 aromatic carbocycles. The van der Waals surface area contributed by atoms with Crippen LogP contribution in [0.4, 0.5) is 0 Å². The zero-order valence-corrected chi connectivity index (χ0v) is 8.72. The molecule has 0 amide bonds. The Labute approximate surface area is 88.6 Å². The zero-order valence-electron chi connectivity index (χ0n) is 8.72. The van der Waals surface area contributed by atoms with Crippen molar-refractivity contribution in [3.05, 3.63) is 11.6 Å². The first-order valence-corrected chi connectivity index (χ1v) is 5.63. The molecule has 0 spiro atoms. The monoisotopic (exact) mass is 208 g/mol. The average molecular weight is 208 g/mol. The maximum Gasteiger partial charge on any atom is 0.139 e. The third kappa shape index (κ3) is 1.46. The molecule has 2 aliphatic rings. The maximum absolute atomic E-state index is 6.10. The fourth-order valence-corrected chi connectivity index (χ4v) is 2.48. The van der Waals surface area contributed by atoms with Crippen molar-refractivity contribution >= 4 is 0 Å². The number of nitrogens with zero attached hydrogens (tertiary/aromatic N) is 3. The summed E-state index contributed by atoms with van der Waals surface area (Å²) in [7, 11) is 0. The Morgan fingerprint density at radius 2 is 2.27 bits per heavy atom. The minimum atomic E-state index is 0.0688. The summed E-state index contributed by atoms with van der Waals surface area (Å²) >= 11 is 0. The van der Waals surface area contributed by atoms with Crippen LogP contribution in [-0.2, 0) is 11.2 Å². The number of aryl methyl sites for hydroxylation is 1. The molecule has 0 saturated carbocycles. The molecule has 2 unspecified atom stereocenters. The minimum Gasteiger partial charge on any atom is -0.381 e. The molecular formula is C10H16N4O. The molecule has 2 atom stereocenters. The molecule has 82 valence electrons. The van der Waals surface area contributed by atoms with Gasteiger partial charge in [0, 0.05) is 18.9 Å². The van der Waals surface area contributed by atoms with Gasteiger partial charge < -0.3 is 10.5 Å². The summed E-state index contributed by atoms with van der Waals surface area (Å²) in [5.74, 6) is 2.49. The van der Waals surface area contributed by atoms with Crippen LogP contribution in [0.5, 0.6) is 0 Å². The fraction of sp³-hybridized carbons (Fsp3) is 0.800. The minimum absolute atomic E-state index is 0.0688. The predicted molar refractivity (Wildman–Crippen MR) is 54.4 cm³/mol. The summed E-state index contributed by atoms with van der Waals surface area (Å²) in [5, 5.41) is 8.51. The van der Waals surface area contributed by atoms with E-state index in [0.29, 0.717) is 5.92 Å². The normalized spacial score (nSPS) is 30.5. The van der Waals surface area contributed by atoms with Crippen molar-refractivity contribution in [2.75, 3.05) is 13.2 Å². The fourth-order valence-electron chi connectivity index (χ4n) is 2.48. The van der Waals surface area contributed by atoms with E-state index in [0.717, 1.165) is 50.5 Å². The topological polar surface area (TPSA) is 66.0 Å². The van der Waals surface area contributed by atoms with E-state index in [1.807, 2.05) is 0 Å². The summed E-state index contributed by atoms with van der Waals surface area (Å²) < 4.78 is 7.51. The van der Waals surface area contributed by atoms with Crippen molar-refractivity contribution in [3.8, 4) is 0 Å². The number of aromatic nitrogens is 3. The van der Waals surface area contributed by atoms with Gasteiger partial charge in [-0.15, -0.1) is 10.2 Å². The third-order valence-electron chi connectivity index (χ3n) is 3.32. The van der Waals surface area contributed by atoms with Crippen molar-refractivity contribution in [1.82, 2.24) is 14.8 Å². The van der Waals surface area contributed by atoms with E-state index < -0.39 is 0 Å². The van der Waals surface area contributed by atoms with E-state index in [9.17, 15) is 0 Å². The Balaban J connectivity index is 1.97. The summed E-state index contributed by atoms with van der Waals surface area (Å²) in [6.07, 6.45) is 4.28. The molecule has 0 radical (unpaired) electrons. The van der Waals surface area contributed by atoms with Crippen molar-refractivity contribution < 1.29 is 4.74 Å². The van der Waals surface area contributed by atoms with Gasteiger partial charge in [0.15, 0.2) is 0 Å². The largest absolute Gasteiger partial charge is 0.381 e. The lowest BCUT2D eigenvalue weighted by atomic mass is 10.1. The van der Waals surface area contributed by atoms with Crippen LogP contribution in [-0.4, -0.2) is 28.0 Å². The highest BCUT2D eigenvalue weighted by atomic mass is 16.5. The van der Waals surface area contributed by atoms with Crippen molar-refractivity contribution in [3.63, 3.8) is 0 Å². The maximum atomic E-state index is 6.10. The van der Waals surface area contributed by atoms with E-state index in [-0.39, 0.29) is 6.17 Å². The lowest BCUT2D eigenvalue weighted by molar-refractivity contribution is 0.192. The quantitative estimate of drug-likeness (QED) is 0.733. The van der Waals surface area contributed by atoms with Crippen LogP contribution in [0.15, 0.2) is 0 Å². The predicted octanol–water partition coefficient (Wildman–Crippen LogP) is 0.576. The van der Waals surface area contributed by atoms with Crippen LogP contribution in [0.2, 0.25) is 0 Å².